The van der Waals surface area contributed by atoms with Gasteiger partial charge in [0.2, 0.25) is 5.91 Å². The molecule has 2 aliphatic rings. The number of fused-ring (bicyclic) bond motifs is 1. The maximum Gasteiger partial charge on any atom is 0.226 e. The number of hydrogen-bond donors (Lipinski definition) is 1. The number of anilines is 2. The molecular formula is C21H21ClN6O2. The molecule has 0 bridgehead atoms. The number of hydrogen-bond acceptors (Lipinski definition) is 6. The molecule has 1 fully saturated rings. The van der Waals surface area contributed by atoms with Gasteiger partial charge >= 0.3 is 0 Å². The van der Waals surface area contributed by atoms with E-state index in [4.69, 9.17) is 16.3 Å². The molecule has 9 heteroatoms. The van der Waals surface area contributed by atoms with Crippen LogP contribution >= 0.6 is 11.6 Å². The molecule has 8 nitrogen and oxygen atoms in total. The summed E-state index contributed by atoms with van der Waals surface area (Å²) in [4.78, 5) is 14.6. The quantitative estimate of drug-likeness (QED) is 0.695. The first-order valence-electron chi connectivity index (χ1n) is 9.92. The zero-order chi connectivity index (χ0) is 20.7. The Balaban J connectivity index is 1.51. The molecule has 1 unspecified atom stereocenters. The topological polar surface area (TPSA) is 85.2 Å². The van der Waals surface area contributed by atoms with E-state index in [9.17, 15) is 4.79 Å². The average Bonchev–Trinajstić information content (AvgIpc) is 3.10. The van der Waals surface area contributed by atoms with Crippen LogP contribution in [0.25, 0.3) is 5.82 Å². The molecule has 0 radical (unpaired) electrons. The van der Waals surface area contributed by atoms with E-state index in [0.717, 1.165) is 35.7 Å². The lowest BCUT2D eigenvalue weighted by Gasteiger charge is -2.27. The van der Waals surface area contributed by atoms with Crippen LogP contribution in [0.15, 0.2) is 36.4 Å². The molecule has 1 amide bonds. The second-order valence-electron chi connectivity index (χ2n) is 7.47. The van der Waals surface area contributed by atoms with Gasteiger partial charge in [0.15, 0.2) is 11.6 Å². The van der Waals surface area contributed by atoms with Crippen LogP contribution in [0.5, 0.6) is 0 Å². The van der Waals surface area contributed by atoms with Gasteiger partial charge in [-0.2, -0.15) is 9.78 Å². The first kappa shape index (κ1) is 19.0. The van der Waals surface area contributed by atoms with E-state index in [1.165, 1.54) is 0 Å². The van der Waals surface area contributed by atoms with E-state index in [-0.39, 0.29) is 11.8 Å². The Bertz CT molecular complexity index is 1070. The van der Waals surface area contributed by atoms with Crippen LogP contribution in [-0.4, -0.2) is 52.2 Å². The summed E-state index contributed by atoms with van der Waals surface area (Å²) < 4.78 is 7.06. The molecule has 4 heterocycles. The number of amides is 1. The minimum Gasteiger partial charge on any atom is -0.378 e. The molecular weight excluding hydrogens is 404 g/mol. The van der Waals surface area contributed by atoms with Crippen molar-refractivity contribution in [2.24, 2.45) is 0 Å². The fourth-order valence-electron chi connectivity index (χ4n) is 4.08. The maximum atomic E-state index is 12.5. The zero-order valence-electron chi connectivity index (χ0n) is 16.5. The maximum absolute atomic E-state index is 12.5. The molecule has 154 valence electrons. The minimum absolute atomic E-state index is 0.0542. The van der Waals surface area contributed by atoms with Crippen LogP contribution < -0.4 is 10.2 Å². The van der Waals surface area contributed by atoms with Crippen molar-refractivity contribution >= 4 is 29.1 Å². The smallest absolute Gasteiger partial charge is 0.226 e. The molecule has 1 saturated heterocycles. The Morgan fingerprint density at radius 1 is 1.07 bits per heavy atom. The third-order valence-electron chi connectivity index (χ3n) is 5.56. The lowest BCUT2D eigenvalue weighted by atomic mass is 9.86. The Kier molecular flexibility index (Phi) is 4.88. The van der Waals surface area contributed by atoms with Gasteiger partial charge in [0, 0.05) is 36.0 Å². The minimum atomic E-state index is -0.0830. The van der Waals surface area contributed by atoms with Crippen molar-refractivity contribution in [2.75, 3.05) is 36.5 Å². The van der Waals surface area contributed by atoms with Gasteiger partial charge in [-0.15, -0.1) is 10.2 Å². The molecule has 1 aromatic carbocycles. The number of rotatable bonds is 3. The third kappa shape index (κ3) is 3.42. The van der Waals surface area contributed by atoms with Crippen LogP contribution in [0, 0.1) is 6.92 Å². The van der Waals surface area contributed by atoms with E-state index in [2.05, 4.69) is 25.5 Å². The van der Waals surface area contributed by atoms with E-state index in [1.54, 1.807) is 4.68 Å². The Morgan fingerprint density at radius 2 is 1.77 bits per heavy atom. The summed E-state index contributed by atoms with van der Waals surface area (Å²) in [7, 11) is 0. The van der Waals surface area contributed by atoms with Crippen molar-refractivity contribution in [1.82, 2.24) is 20.0 Å². The van der Waals surface area contributed by atoms with Gasteiger partial charge in [-0.3, -0.25) is 4.79 Å². The summed E-state index contributed by atoms with van der Waals surface area (Å²) in [5, 5.41) is 17.1. The standard InChI is InChI=1S/C21H21ClN6O2/c1-13-20-16(14-2-4-15(22)5-3-14)12-19(29)23-21(20)28(26-13)18-7-6-17(24-25-18)27-8-10-30-11-9-27/h2-7,16H,8-12H2,1H3,(H,23,29). The highest BCUT2D eigenvalue weighted by Crippen LogP contribution is 2.40. The molecule has 2 aromatic heterocycles. The monoisotopic (exact) mass is 424 g/mol. The predicted molar refractivity (Wildman–Crippen MR) is 113 cm³/mol. The molecule has 5 rings (SSSR count). The molecule has 1 atom stereocenters. The number of benzene rings is 1. The summed E-state index contributed by atoms with van der Waals surface area (Å²) in [6.07, 6.45) is 0.364. The van der Waals surface area contributed by atoms with Crippen molar-refractivity contribution < 1.29 is 9.53 Å². The SMILES string of the molecule is Cc1nn(-c2ccc(N3CCOCC3)nn2)c2c1C(c1ccc(Cl)cc1)CC(=O)N2. The molecule has 3 aromatic rings. The summed E-state index contributed by atoms with van der Waals surface area (Å²) in [5.74, 6) is 1.88. The fourth-order valence-corrected chi connectivity index (χ4v) is 4.21. The Hall–Kier alpha value is -2.97. The van der Waals surface area contributed by atoms with Crippen LogP contribution in [-0.2, 0) is 9.53 Å². The van der Waals surface area contributed by atoms with Crippen molar-refractivity contribution in [1.29, 1.82) is 0 Å². The number of ether oxygens (including phenoxy) is 1. The Morgan fingerprint density at radius 3 is 2.47 bits per heavy atom. The second-order valence-corrected chi connectivity index (χ2v) is 7.90. The molecule has 0 saturated carbocycles. The first-order chi connectivity index (χ1) is 14.6. The Labute approximate surface area is 178 Å². The van der Waals surface area contributed by atoms with Crippen molar-refractivity contribution in [2.45, 2.75) is 19.3 Å². The van der Waals surface area contributed by atoms with Crippen molar-refractivity contribution in [3.8, 4) is 5.82 Å². The summed E-state index contributed by atoms with van der Waals surface area (Å²) >= 11 is 6.04. The highest BCUT2D eigenvalue weighted by atomic mass is 35.5. The number of carbonyl (C=O) groups excluding carboxylic acids is 1. The van der Waals surface area contributed by atoms with Gasteiger partial charge in [0.25, 0.3) is 0 Å². The number of halogens is 1. The van der Waals surface area contributed by atoms with Gasteiger partial charge in [-0.25, -0.2) is 0 Å². The number of nitrogens with one attached hydrogen (secondary N) is 1. The van der Waals surface area contributed by atoms with Gasteiger partial charge in [0.1, 0.15) is 5.82 Å². The normalized spacial score (nSPS) is 18.8. The van der Waals surface area contributed by atoms with E-state index >= 15 is 0 Å². The number of carbonyl (C=O) groups is 1. The number of aromatic nitrogens is 4. The van der Waals surface area contributed by atoms with Gasteiger partial charge < -0.3 is 15.0 Å². The zero-order valence-corrected chi connectivity index (χ0v) is 17.3. The summed E-state index contributed by atoms with van der Waals surface area (Å²) in [5.41, 5.74) is 2.88. The molecule has 30 heavy (non-hydrogen) atoms. The highest BCUT2D eigenvalue weighted by molar-refractivity contribution is 6.30. The molecule has 2 aliphatic heterocycles. The van der Waals surface area contributed by atoms with E-state index in [0.29, 0.717) is 36.3 Å². The largest absolute Gasteiger partial charge is 0.378 e. The third-order valence-corrected chi connectivity index (χ3v) is 5.82. The molecule has 0 aliphatic carbocycles. The lowest BCUT2D eigenvalue weighted by molar-refractivity contribution is -0.116. The van der Waals surface area contributed by atoms with E-state index < -0.39 is 0 Å². The van der Waals surface area contributed by atoms with Crippen molar-refractivity contribution in [3.05, 3.63) is 58.2 Å². The van der Waals surface area contributed by atoms with Crippen LogP contribution in [0.3, 0.4) is 0 Å². The first-order valence-corrected chi connectivity index (χ1v) is 10.3. The van der Waals surface area contributed by atoms with Gasteiger partial charge in [-0.05, 0) is 36.8 Å². The lowest BCUT2D eigenvalue weighted by Crippen LogP contribution is -2.36. The van der Waals surface area contributed by atoms with Crippen LogP contribution in [0.2, 0.25) is 5.02 Å². The summed E-state index contributed by atoms with van der Waals surface area (Å²) in [6, 6.07) is 11.4. The van der Waals surface area contributed by atoms with Gasteiger partial charge in [-0.1, -0.05) is 23.7 Å². The van der Waals surface area contributed by atoms with Gasteiger partial charge in [0.05, 0.1) is 18.9 Å². The summed E-state index contributed by atoms with van der Waals surface area (Å²) in [6.45, 7) is 4.92. The fraction of sp³-hybridized carbons (Fsp3) is 0.333. The second kappa shape index (κ2) is 7.70. The predicted octanol–water partition coefficient (Wildman–Crippen LogP) is 2.93. The molecule has 1 N–H and O–H groups in total. The molecule has 0 spiro atoms. The average molecular weight is 425 g/mol. The number of morpholine rings is 1. The highest BCUT2D eigenvalue weighted by Gasteiger charge is 2.33. The van der Waals surface area contributed by atoms with Crippen LogP contribution in [0.4, 0.5) is 11.6 Å². The van der Waals surface area contributed by atoms with Crippen LogP contribution in [0.1, 0.15) is 29.2 Å². The van der Waals surface area contributed by atoms with E-state index in [1.807, 2.05) is 43.3 Å². The number of aryl methyl sites for hydroxylation is 1. The number of nitrogens with zero attached hydrogens (tertiary/aromatic N) is 5. The van der Waals surface area contributed by atoms with Crippen molar-refractivity contribution in [3.63, 3.8) is 0 Å².